The minimum atomic E-state index is -0.406. The molecule has 0 radical (unpaired) electrons. The number of benzene rings is 1. The Kier molecular flexibility index (Phi) is 4.82. The van der Waals surface area contributed by atoms with Crippen molar-refractivity contribution in [2.75, 3.05) is 12.4 Å². The van der Waals surface area contributed by atoms with Crippen molar-refractivity contribution >= 4 is 22.9 Å². The van der Waals surface area contributed by atoms with E-state index in [0.29, 0.717) is 28.6 Å². The summed E-state index contributed by atoms with van der Waals surface area (Å²) in [6.07, 6.45) is 0. The number of aryl methyl sites for hydroxylation is 2. The first-order valence-electron chi connectivity index (χ1n) is 7.89. The van der Waals surface area contributed by atoms with Crippen LogP contribution in [-0.4, -0.2) is 36.2 Å². The fourth-order valence-corrected chi connectivity index (χ4v) is 3.43. The number of aliphatic hydroxyl groups excluding tert-OH is 1. The maximum Gasteiger partial charge on any atom is 0.332 e. The average molecular weight is 360 g/mol. The molecule has 0 amide bonds. The molecule has 0 aliphatic rings. The highest BCUT2D eigenvalue weighted by atomic mass is 32.2. The van der Waals surface area contributed by atoms with E-state index in [1.807, 2.05) is 35.8 Å². The van der Waals surface area contributed by atoms with Crippen LogP contribution >= 0.6 is 11.8 Å². The Hall–Kier alpha value is -2.32. The first-order chi connectivity index (χ1) is 11.9. The number of aromatic nitrogens is 4. The topological polar surface area (TPSA) is 82.1 Å². The highest BCUT2D eigenvalue weighted by Crippen LogP contribution is 2.22. The summed E-state index contributed by atoms with van der Waals surface area (Å²) in [6.45, 7) is 2.50. The van der Waals surface area contributed by atoms with Gasteiger partial charge in [0.2, 0.25) is 0 Å². The van der Waals surface area contributed by atoms with Gasteiger partial charge in [-0.3, -0.25) is 13.9 Å². The van der Waals surface area contributed by atoms with E-state index in [0.717, 1.165) is 15.7 Å². The van der Waals surface area contributed by atoms with Crippen LogP contribution in [0.4, 0.5) is 0 Å². The van der Waals surface area contributed by atoms with E-state index in [9.17, 15) is 9.59 Å². The van der Waals surface area contributed by atoms with Crippen LogP contribution in [0.3, 0.4) is 0 Å². The summed E-state index contributed by atoms with van der Waals surface area (Å²) >= 11 is 1.36. The van der Waals surface area contributed by atoms with Gasteiger partial charge in [-0.15, -0.1) is 0 Å². The van der Waals surface area contributed by atoms with E-state index in [1.165, 1.54) is 23.4 Å². The number of hydrogen-bond donors (Lipinski definition) is 1. The highest BCUT2D eigenvalue weighted by molar-refractivity contribution is 7.99. The zero-order valence-electron chi connectivity index (χ0n) is 14.4. The zero-order chi connectivity index (χ0) is 18.1. The third-order valence-corrected chi connectivity index (χ3v) is 5.05. The second kappa shape index (κ2) is 6.89. The Balaban J connectivity index is 2.24. The van der Waals surface area contributed by atoms with Gasteiger partial charge in [0.1, 0.15) is 0 Å². The Bertz CT molecular complexity index is 1030. The lowest BCUT2D eigenvalue weighted by Gasteiger charge is -2.09. The van der Waals surface area contributed by atoms with E-state index in [2.05, 4.69) is 4.98 Å². The summed E-state index contributed by atoms with van der Waals surface area (Å²) in [5.41, 5.74) is 2.18. The molecule has 0 unspecified atom stereocenters. The number of nitrogens with zero attached hydrogens (tertiary/aromatic N) is 4. The number of fused-ring (bicyclic) bond motifs is 1. The Morgan fingerprint density at radius 3 is 2.44 bits per heavy atom. The second-order valence-corrected chi connectivity index (χ2v) is 6.98. The molecule has 0 bridgehead atoms. The third-order valence-electron chi connectivity index (χ3n) is 4.10. The minimum absolute atomic E-state index is 0.00927. The van der Waals surface area contributed by atoms with Gasteiger partial charge in [0.25, 0.3) is 5.56 Å². The van der Waals surface area contributed by atoms with Crippen molar-refractivity contribution in [3.05, 3.63) is 56.2 Å². The van der Waals surface area contributed by atoms with E-state index < -0.39 is 5.69 Å². The van der Waals surface area contributed by atoms with Gasteiger partial charge in [0.15, 0.2) is 16.3 Å². The van der Waals surface area contributed by atoms with Gasteiger partial charge in [-0.2, -0.15) is 0 Å². The fourth-order valence-electron chi connectivity index (χ4n) is 2.70. The number of imidazole rings is 1. The molecule has 1 N–H and O–H groups in total. The van der Waals surface area contributed by atoms with Crippen LogP contribution in [-0.2, 0) is 20.6 Å². The van der Waals surface area contributed by atoms with Gasteiger partial charge in [-0.25, -0.2) is 9.78 Å². The van der Waals surface area contributed by atoms with Gasteiger partial charge in [-0.1, -0.05) is 41.6 Å². The van der Waals surface area contributed by atoms with Crippen LogP contribution in [0.1, 0.15) is 11.1 Å². The lowest BCUT2D eigenvalue weighted by atomic mass is 10.1. The van der Waals surface area contributed by atoms with Crippen LogP contribution in [0.25, 0.3) is 11.2 Å². The van der Waals surface area contributed by atoms with Gasteiger partial charge >= 0.3 is 5.69 Å². The average Bonchev–Trinajstić information content (AvgIpc) is 2.96. The molecule has 0 spiro atoms. The van der Waals surface area contributed by atoms with Crippen molar-refractivity contribution in [3.8, 4) is 0 Å². The number of hydrogen-bond acceptors (Lipinski definition) is 5. The molecule has 132 valence electrons. The zero-order valence-corrected chi connectivity index (χ0v) is 15.2. The number of aliphatic hydroxyl groups is 1. The Morgan fingerprint density at radius 2 is 1.80 bits per heavy atom. The fraction of sp³-hybridized carbons (Fsp3) is 0.353. The summed E-state index contributed by atoms with van der Waals surface area (Å²) in [4.78, 5) is 29.3. The Labute approximate surface area is 148 Å². The molecule has 0 aliphatic carbocycles. The lowest BCUT2D eigenvalue weighted by molar-refractivity contribution is 0.322. The highest BCUT2D eigenvalue weighted by Gasteiger charge is 2.19. The van der Waals surface area contributed by atoms with Gasteiger partial charge in [0, 0.05) is 19.8 Å². The van der Waals surface area contributed by atoms with Crippen molar-refractivity contribution in [2.24, 2.45) is 14.1 Å². The van der Waals surface area contributed by atoms with E-state index in [-0.39, 0.29) is 12.2 Å². The molecular weight excluding hydrogens is 340 g/mol. The van der Waals surface area contributed by atoms with Crippen LogP contribution in [0.15, 0.2) is 39.0 Å². The van der Waals surface area contributed by atoms with E-state index in [4.69, 9.17) is 5.11 Å². The molecule has 25 heavy (non-hydrogen) atoms. The first kappa shape index (κ1) is 17.5. The summed E-state index contributed by atoms with van der Waals surface area (Å²) < 4.78 is 4.30. The molecular formula is C17H20N4O3S. The molecule has 3 aromatic rings. The minimum Gasteiger partial charge on any atom is -0.396 e. The lowest BCUT2D eigenvalue weighted by Crippen LogP contribution is -2.37. The standard InChI is InChI=1S/C17H20N4O3S/c1-11-4-6-12(7-5-11)10-21-13-14(18-16(21)25-9-8-22)19(2)17(24)20(3)15(13)23/h4-7,22H,8-10H2,1-3H3. The molecule has 2 aromatic heterocycles. The molecule has 0 atom stereocenters. The van der Waals surface area contributed by atoms with Crippen molar-refractivity contribution in [2.45, 2.75) is 18.6 Å². The van der Waals surface area contributed by atoms with Crippen molar-refractivity contribution in [1.29, 1.82) is 0 Å². The number of rotatable bonds is 5. The molecule has 3 rings (SSSR count). The monoisotopic (exact) mass is 360 g/mol. The maximum atomic E-state index is 12.7. The second-order valence-electron chi connectivity index (χ2n) is 5.92. The van der Waals surface area contributed by atoms with Crippen molar-refractivity contribution < 1.29 is 5.11 Å². The summed E-state index contributed by atoms with van der Waals surface area (Å²) in [6, 6.07) is 8.05. The first-order valence-corrected chi connectivity index (χ1v) is 8.88. The van der Waals surface area contributed by atoms with Gasteiger partial charge in [0.05, 0.1) is 13.2 Å². The molecule has 0 aliphatic heterocycles. The molecule has 0 fully saturated rings. The predicted octanol–water partition coefficient (Wildman–Crippen LogP) is 0.875. The molecule has 0 saturated heterocycles. The molecule has 7 nitrogen and oxygen atoms in total. The third kappa shape index (κ3) is 3.14. The molecule has 0 saturated carbocycles. The SMILES string of the molecule is Cc1ccc(Cn2c(SCCO)nc3c2c(=O)n(C)c(=O)n3C)cc1. The largest absolute Gasteiger partial charge is 0.396 e. The maximum absolute atomic E-state index is 12.7. The van der Waals surface area contributed by atoms with Crippen LogP contribution < -0.4 is 11.2 Å². The molecule has 1 aromatic carbocycles. The molecule has 2 heterocycles. The van der Waals surface area contributed by atoms with Crippen LogP contribution in [0.5, 0.6) is 0 Å². The van der Waals surface area contributed by atoms with E-state index >= 15 is 0 Å². The predicted molar refractivity (Wildman–Crippen MR) is 98.3 cm³/mol. The van der Waals surface area contributed by atoms with Crippen molar-refractivity contribution in [3.63, 3.8) is 0 Å². The summed E-state index contributed by atoms with van der Waals surface area (Å²) in [5, 5.41) is 9.75. The summed E-state index contributed by atoms with van der Waals surface area (Å²) in [7, 11) is 3.07. The van der Waals surface area contributed by atoms with Crippen molar-refractivity contribution in [1.82, 2.24) is 18.7 Å². The van der Waals surface area contributed by atoms with Gasteiger partial charge < -0.3 is 9.67 Å². The Morgan fingerprint density at radius 1 is 1.12 bits per heavy atom. The van der Waals surface area contributed by atoms with Crippen LogP contribution in [0.2, 0.25) is 0 Å². The van der Waals surface area contributed by atoms with Gasteiger partial charge in [-0.05, 0) is 12.5 Å². The summed E-state index contributed by atoms with van der Waals surface area (Å²) in [5.74, 6) is 0.464. The quantitative estimate of drug-likeness (QED) is 0.683. The van der Waals surface area contributed by atoms with E-state index in [1.54, 1.807) is 7.05 Å². The van der Waals surface area contributed by atoms with Crippen LogP contribution in [0, 0.1) is 6.92 Å². The number of thioether (sulfide) groups is 1. The smallest absolute Gasteiger partial charge is 0.332 e. The molecule has 8 heteroatoms. The normalized spacial score (nSPS) is 11.4.